The molecule has 1 saturated carbocycles. The second kappa shape index (κ2) is 6.01. The van der Waals surface area contributed by atoms with Crippen molar-refractivity contribution in [2.75, 3.05) is 0 Å². The largest absolute Gasteiger partial charge is 0.351 e. The fourth-order valence-corrected chi connectivity index (χ4v) is 2.61. The normalized spacial score (nSPS) is 25.4. The van der Waals surface area contributed by atoms with Gasteiger partial charge in [-0.25, -0.2) is 0 Å². The average molecular weight is 246 g/mol. The van der Waals surface area contributed by atoms with E-state index in [9.17, 15) is 4.79 Å². The van der Waals surface area contributed by atoms with Crippen LogP contribution in [-0.2, 0) is 4.79 Å². The zero-order valence-electron chi connectivity index (χ0n) is 10.9. The molecule has 1 aromatic rings. The van der Waals surface area contributed by atoms with Crippen LogP contribution in [0.5, 0.6) is 0 Å². The number of benzene rings is 1. The van der Waals surface area contributed by atoms with Crippen LogP contribution in [-0.4, -0.2) is 11.9 Å². The summed E-state index contributed by atoms with van der Waals surface area (Å²) >= 11 is 0. The van der Waals surface area contributed by atoms with Gasteiger partial charge >= 0.3 is 0 Å². The number of carbonyl (C=O) groups excluding carboxylic acids is 1. The van der Waals surface area contributed by atoms with Crippen LogP contribution in [0.25, 0.3) is 0 Å². The van der Waals surface area contributed by atoms with Gasteiger partial charge in [-0.1, -0.05) is 50.1 Å². The topological polar surface area (TPSA) is 55.1 Å². The van der Waals surface area contributed by atoms with E-state index in [-0.39, 0.29) is 5.91 Å². The van der Waals surface area contributed by atoms with Crippen LogP contribution in [0.15, 0.2) is 30.3 Å². The molecule has 18 heavy (non-hydrogen) atoms. The summed E-state index contributed by atoms with van der Waals surface area (Å²) in [7, 11) is 0. The van der Waals surface area contributed by atoms with Gasteiger partial charge in [0.05, 0.1) is 0 Å². The van der Waals surface area contributed by atoms with E-state index < -0.39 is 6.04 Å². The van der Waals surface area contributed by atoms with Gasteiger partial charge in [0.1, 0.15) is 6.04 Å². The van der Waals surface area contributed by atoms with Crippen molar-refractivity contribution in [3.63, 3.8) is 0 Å². The fraction of sp³-hybridized carbons (Fsp3) is 0.533. The molecule has 3 heteroatoms. The van der Waals surface area contributed by atoms with Gasteiger partial charge < -0.3 is 11.1 Å². The fourth-order valence-electron chi connectivity index (χ4n) is 2.61. The SMILES string of the molecule is CC1CCCCC1NC(=O)[C@@H](N)c1ccccc1. The van der Waals surface area contributed by atoms with Gasteiger partial charge in [-0.2, -0.15) is 0 Å². The van der Waals surface area contributed by atoms with Crippen molar-refractivity contribution in [3.05, 3.63) is 35.9 Å². The summed E-state index contributed by atoms with van der Waals surface area (Å²) in [6.07, 6.45) is 4.76. The maximum absolute atomic E-state index is 12.1. The lowest BCUT2D eigenvalue weighted by Gasteiger charge is -2.30. The minimum Gasteiger partial charge on any atom is -0.351 e. The molecule has 98 valence electrons. The number of carbonyl (C=O) groups is 1. The van der Waals surface area contributed by atoms with Gasteiger partial charge in [-0.3, -0.25) is 4.79 Å². The number of amides is 1. The number of rotatable bonds is 3. The summed E-state index contributed by atoms with van der Waals surface area (Å²) in [5, 5.41) is 3.10. The maximum Gasteiger partial charge on any atom is 0.241 e. The Morgan fingerprint density at radius 2 is 1.94 bits per heavy atom. The van der Waals surface area contributed by atoms with Crippen molar-refractivity contribution in [2.45, 2.75) is 44.7 Å². The van der Waals surface area contributed by atoms with Gasteiger partial charge in [0.15, 0.2) is 0 Å². The van der Waals surface area contributed by atoms with Crippen molar-refractivity contribution >= 4 is 5.91 Å². The van der Waals surface area contributed by atoms with Gasteiger partial charge in [0.25, 0.3) is 0 Å². The Hall–Kier alpha value is -1.35. The Morgan fingerprint density at radius 1 is 1.28 bits per heavy atom. The minimum absolute atomic E-state index is 0.0556. The Balaban J connectivity index is 1.95. The molecular formula is C15H22N2O. The van der Waals surface area contributed by atoms with Crippen LogP contribution in [0.3, 0.4) is 0 Å². The lowest BCUT2D eigenvalue weighted by Crippen LogP contribution is -2.45. The van der Waals surface area contributed by atoms with E-state index in [1.54, 1.807) is 0 Å². The molecule has 0 spiro atoms. The molecule has 3 nitrogen and oxygen atoms in total. The predicted octanol–water partition coefficient (Wildman–Crippen LogP) is 2.38. The monoisotopic (exact) mass is 246 g/mol. The van der Waals surface area contributed by atoms with E-state index in [2.05, 4.69) is 12.2 Å². The van der Waals surface area contributed by atoms with Crippen LogP contribution in [0.4, 0.5) is 0 Å². The van der Waals surface area contributed by atoms with Crippen molar-refractivity contribution < 1.29 is 4.79 Å². The standard InChI is InChI=1S/C15H22N2O/c1-11-7-5-6-10-13(11)17-15(18)14(16)12-8-3-2-4-9-12/h2-4,8-9,11,13-14H,5-7,10,16H2,1H3,(H,17,18)/t11?,13?,14-/m0/s1. The summed E-state index contributed by atoms with van der Waals surface area (Å²) in [6.45, 7) is 2.21. The zero-order valence-corrected chi connectivity index (χ0v) is 10.9. The Bertz CT molecular complexity index is 391. The Labute approximate surface area is 109 Å². The molecule has 0 aliphatic heterocycles. The molecule has 1 aliphatic carbocycles. The van der Waals surface area contributed by atoms with Gasteiger partial charge in [-0.05, 0) is 24.3 Å². The summed E-state index contributed by atoms with van der Waals surface area (Å²) < 4.78 is 0. The van der Waals surface area contributed by atoms with Crippen LogP contribution < -0.4 is 11.1 Å². The van der Waals surface area contributed by atoms with Crippen LogP contribution in [0, 0.1) is 5.92 Å². The zero-order chi connectivity index (χ0) is 13.0. The third kappa shape index (κ3) is 3.10. The highest BCUT2D eigenvalue weighted by Crippen LogP contribution is 2.24. The predicted molar refractivity (Wildman–Crippen MR) is 72.9 cm³/mol. The molecule has 2 unspecified atom stereocenters. The molecule has 0 bridgehead atoms. The second-order valence-electron chi connectivity index (χ2n) is 5.27. The second-order valence-corrected chi connectivity index (χ2v) is 5.27. The molecule has 1 amide bonds. The number of nitrogens with one attached hydrogen (secondary N) is 1. The van der Waals surface area contributed by atoms with E-state index in [1.807, 2.05) is 30.3 Å². The van der Waals surface area contributed by atoms with E-state index in [1.165, 1.54) is 19.3 Å². The quantitative estimate of drug-likeness (QED) is 0.860. The molecule has 0 heterocycles. The third-order valence-corrected chi connectivity index (χ3v) is 3.88. The van der Waals surface area contributed by atoms with Crippen molar-refractivity contribution in [2.24, 2.45) is 11.7 Å². The van der Waals surface area contributed by atoms with Crippen molar-refractivity contribution in [1.82, 2.24) is 5.32 Å². The van der Waals surface area contributed by atoms with E-state index in [4.69, 9.17) is 5.73 Å². The van der Waals surface area contributed by atoms with Gasteiger partial charge in [-0.15, -0.1) is 0 Å². The molecule has 2 rings (SSSR count). The Kier molecular flexibility index (Phi) is 4.37. The van der Waals surface area contributed by atoms with E-state index in [0.717, 1.165) is 12.0 Å². The summed E-state index contributed by atoms with van der Waals surface area (Å²) in [6, 6.07) is 9.28. The summed E-state index contributed by atoms with van der Waals surface area (Å²) in [5.74, 6) is 0.505. The van der Waals surface area contributed by atoms with Gasteiger partial charge in [0, 0.05) is 6.04 Å². The average Bonchev–Trinajstić information content (AvgIpc) is 2.41. The van der Waals surface area contributed by atoms with Crippen LogP contribution in [0.1, 0.15) is 44.2 Å². The van der Waals surface area contributed by atoms with Crippen molar-refractivity contribution in [3.8, 4) is 0 Å². The minimum atomic E-state index is -0.555. The lowest BCUT2D eigenvalue weighted by molar-refractivity contribution is -0.123. The third-order valence-electron chi connectivity index (χ3n) is 3.88. The molecular weight excluding hydrogens is 224 g/mol. The van der Waals surface area contributed by atoms with Crippen LogP contribution >= 0.6 is 0 Å². The smallest absolute Gasteiger partial charge is 0.241 e. The first kappa shape index (κ1) is 13.1. The first-order valence-electron chi connectivity index (χ1n) is 6.79. The molecule has 3 atom stereocenters. The molecule has 1 aliphatic rings. The molecule has 0 saturated heterocycles. The van der Waals surface area contributed by atoms with E-state index in [0.29, 0.717) is 12.0 Å². The first-order valence-corrected chi connectivity index (χ1v) is 6.79. The molecule has 1 aromatic carbocycles. The van der Waals surface area contributed by atoms with E-state index >= 15 is 0 Å². The summed E-state index contributed by atoms with van der Waals surface area (Å²) in [4.78, 5) is 12.1. The number of hydrogen-bond donors (Lipinski definition) is 2. The highest BCUT2D eigenvalue weighted by Gasteiger charge is 2.25. The lowest BCUT2D eigenvalue weighted by atomic mass is 9.85. The number of nitrogens with two attached hydrogens (primary N) is 1. The maximum atomic E-state index is 12.1. The van der Waals surface area contributed by atoms with Crippen LogP contribution in [0.2, 0.25) is 0 Å². The molecule has 3 N–H and O–H groups in total. The molecule has 0 radical (unpaired) electrons. The first-order chi connectivity index (χ1) is 8.68. The summed E-state index contributed by atoms with van der Waals surface area (Å²) in [5.41, 5.74) is 6.86. The van der Waals surface area contributed by atoms with Crippen molar-refractivity contribution in [1.29, 1.82) is 0 Å². The number of hydrogen-bond acceptors (Lipinski definition) is 2. The molecule has 1 fully saturated rings. The Morgan fingerprint density at radius 3 is 2.61 bits per heavy atom. The van der Waals surface area contributed by atoms with Gasteiger partial charge in [0.2, 0.25) is 5.91 Å². The molecule has 0 aromatic heterocycles. The highest BCUT2D eigenvalue weighted by atomic mass is 16.2. The highest BCUT2D eigenvalue weighted by molar-refractivity contribution is 5.83.